The number of H-pyrrole nitrogens is 1. The highest BCUT2D eigenvalue weighted by Gasteiger charge is 2.44. The molecule has 0 amide bonds. The van der Waals surface area contributed by atoms with E-state index in [0.717, 1.165) is 21.4 Å². The highest BCUT2D eigenvalue weighted by molar-refractivity contribution is 8.13. The van der Waals surface area contributed by atoms with Crippen LogP contribution < -0.4 is 16.1 Å². The van der Waals surface area contributed by atoms with Gasteiger partial charge in [-0.3, -0.25) is 19.2 Å². The van der Waals surface area contributed by atoms with Crippen LogP contribution >= 0.6 is 11.8 Å². The highest BCUT2D eigenvalue weighted by Crippen LogP contribution is 2.51. The summed E-state index contributed by atoms with van der Waals surface area (Å²) in [6.07, 6.45) is 1.74. The molecular formula is C28H27N3O4S2. The minimum Gasteiger partial charge on any atom is -0.296 e. The lowest BCUT2D eigenvalue weighted by atomic mass is 9.87. The van der Waals surface area contributed by atoms with Crippen molar-refractivity contribution in [2.75, 3.05) is 11.2 Å². The van der Waals surface area contributed by atoms with E-state index in [4.69, 9.17) is 0 Å². The van der Waals surface area contributed by atoms with Crippen LogP contribution in [-0.4, -0.2) is 28.8 Å². The number of aromatic amines is 1. The molecule has 1 N–H and O–H groups in total. The molecule has 0 spiro atoms. The number of aromatic nitrogens is 2. The predicted octanol–water partition coefficient (Wildman–Crippen LogP) is 4.77. The van der Waals surface area contributed by atoms with Crippen LogP contribution in [0.1, 0.15) is 28.2 Å². The summed E-state index contributed by atoms with van der Waals surface area (Å²) in [4.78, 5) is 31.4. The number of anilines is 3. The summed E-state index contributed by atoms with van der Waals surface area (Å²) in [5.41, 5.74) is 3.35. The molecule has 9 heteroatoms. The number of nitrogens with one attached hydrogen (secondary N) is 1. The molecule has 3 aromatic carbocycles. The molecule has 0 fully saturated rings. The summed E-state index contributed by atoms with van der Waals surface area (Å²) in [5.74, 6) is -0.524. The lowest BCUT2D eigenvalue weighted by Gasteiger charge is -2.39. The van der Waals surface area contributed by atoms with E-state index >= 15 is 0 Å². The Morgan fingerprint density at radius 1 is 0.892 bits per heavy atom. The minimum atomic E-state index is -3.88. The third kappa shape index (κ3) is 4.12. The third-order valence-corrected chi connectivity index (χ3v) is 10.7. The topological polar surface area (TPSA) is 92.2 Å². The highest BCUT2D eigenvalue weighted by atomic mass is 32.3. The number of thioether (sulfide) groups is 1. The van der Waals surface area contributed by atoms with Gasteiger partial charge in [-0.2, -0.15) is 0 Å². The van der Waals surface area contributed by atoms with E-state index in [-0.39, 0.29) is 10.5 Å². The Labute approximate surface area is 219 Å². The number of nitrogens with zero attached hydrogens (tertiary/aromatic N) is 2. The maximum absolute atomic E-state index is 14.0. The first-order valence-corrected chi connectivity index (χ1v) is 14.6. The van der Waals surface area contributed by atoms with Crippen LogP contribution in [0.4, 0.5) is 17.2 Å². The zero-order chi connectivity index (χ0) is 26.5. The van der Waals surface area contributed by atoms with Gasteiger partial charge in [0.05, 0.1) is 16.1 Å². The Kier molecular flexibility index (Phi) is 6.37. The maximum Gasteiger partial charge on any atom is 0.329 e. The SMILES string of the molecule is CS[C@@H]([C@@H]1c2ccccc2N(c2ccc(C)cc2)c2[nH]c(=O)n(C)c(=O)c21)S(=O)(=O)c1ccc(C)cc1. The van der Waals surface area contributed by atoms with E-state index in [1.54, 1.807) is 30.5 Å². The second-order valence-corrected chi connectivity index (χ2v) is 12.6. The van der Waals surface area contributed by atoms with E-state index in [1.807, 2.05) is 67.3 Å². The first-order chi connectivity index (χ1) is 17.6. The Morgan fingerprint density at radius 3 is 2.11 bits per heavy atom. The zero-order valence-electron chi connectivity index (χ0n) is 20.9. The van der Waals surface area contributed by atoms with Gasteiger partial charge in [-0.1, -0.05) is 53.6 Å². The molecule has 0 saturated carbocycles. The van der Waals surface area contributed by atoms with Crippen molar-refractivity contribution in [3.8, 4) is 0 Å². The van der Waals surface area contributed by atoms with Crippen molar-refractivity contribution in [2.24, 2.45) is 7.05 Å². The van der Waals surface area contributed by atoms with Gasteiger partial charge in [0.25, 0.3) is 5.56 Å². The first kappa shape index (κ1) is 25.1. The van der Waals surface area contributed by atoms with Crippen molar-refractivity contribution in [2.45, 2.75) is 29.2 Å². The molecular weight excluding hydrogens is 506 g/mol. The van der Waals surface area contributed by atoms with Crippen molar-refractivity contribution in [3.05, 3.63) is 116 Å². The smallest absolute Gasteiger partial charge is 0.296 e. The monoisotopic (exact) mass is 533 g/mol. The Hall–Kier alpha value is -3.56. The molecule has 190 valence electrons. The number of hydrogen-bond donors (Lipinski definition) is 1. The molecule has 0 saturated heterocycles. The molecule has 1 aliphatic rings. The number of aryl methyl sites for hydroxylation is 2. The maximum atomic E-state index is 14.0. The summed E-state index contributed by atoms with van der Waals surface area (Å²) in [7, 11) is -2.48. The number of hydrogen-bond acceptors (Lipinski definition) is 6. The average Bonchev–Trinajstić information content (AvgIpc) is 2.88. The van der Waals surface area contributed by atoms with Crippen LogP contribution in [0, 0.1) is 13.8 Å². The summed E-state index contributed by atoms with van der Waals surface area (Å²) >= 11 is 1.18. The molecule has 0 unspecified atom stereocenters. The first-order valence-electron chi connectivity index (χ1n) is 11.8. The second-order valence-electron chi connectivity index (χ2n) is 9.23. The van der Waals surface area contributed by atoms with E-state index in [9.17, 15) is 18.0 Å². The molecule has 2 heterocycles. The quantitative estimate of drug-likeness (QED) is 0.397. The van der Waals surface area contributed by atoms with E-state index < -0.39 is 31.6 Å². The second kappa shape index (κ2) is 9.39. The normalized spacial score (nSPS) is 15.7. The Morgan fingerprint density at radius 2 is 1.49 bits per heavy atom. The summed E-state index contributed by atoms with van der Waals surface area (Å²) in [5, 5.41) is 0. The number of fused-ring (bicyclic) bond motifs is 2. The summed E-state index contributed by atoms with van der Waals surface area (Å²) in [6, 6.07) is 21.9. The average molecular weight is 534 g/mol. The molecule has 0 radical (unpaired) electrons. The predicted molar refractivity (Wildman–Crippen MR) is 149 cm³/mol. The van der Waals surface area contributed by atoms with Gasteiger partial charge in [-0.05, 0) is 56.0 Å². The van der Waals surface area contributed by atoms with Crippen molar-refractivity contribution in [1.82, 2.24) is 9.55 Å². The van der Waals surface area contributed by atoms with Crippen molar-refractivity contribution < 1.29 is 8.42 Å². The molecule has 0 aliphatic carbocycles. The van der Waals surface area contributed by atoms with Crippen LogP contribution in [-0.2, 0) is 16.9 Å². The van der Waals surface area contributed by atoms with Gasteiger partial charge in [0, 0.05) is 18.7 Å². The lowest BCUT2D eigenvalue weighted by Crippen LogP contribution is -2.43. The van der Waals surface area contributed by atoms with Gasteiger partial charge >= 0.3 is 5.69 Å². The molecule has 37 heavy (non-hydrogen) atoms. The molecule has 4 aromatic rings. The van der Waals surface area contributed by atoms with E-state index in [2.05, 4.69) is 4.98 Å². The Bertz CT molecular complexity index is 1710. The zero-order valence-corrected chi connectivity index (χ0v) is 22.6. The van der Waals surface area contributed by atoms with Crippen LogP contribution in [0.5, 0.6) is 0 Å². The lowest BCUT2D eigenvalue weighted by molar-refractivity contribution is 0.586. The summed E-state index contributed by atoms with van der Waals surface area (Å²) in [6.45, 7) is 3.88. The van der Waals surface area contributed by atoms with Crippen LogP contribution in [0.15, 0.2) is 87.3 Å². The molecule has 1 aromatic heterocycles. The largest absolute Gasteiger partial charge is 0.329 e. The third-order valence-electron chi connectivity index (χ3n) is 6.82. The molecule has 2 atom stereocenters. The molecule has 1 aliphatic heterocycles. The van der Waals surface area contributed by atoms with Gasteiger partial charge in [0.1, 0.15) is 10.4 Å². The van der Waals surface area contributed by atoms with Gasteiger partial charge in [-0.15, -0.1) is 11.8 Å². The van der Waals surface area contributed by atoms with Crippen molar-refractivity contribution in [3.63, 3.8) is 0 Å². The van der Waals surface area contributed by atoms with E-state index in [0.29, 0.717) is 17.1 Å². The fraction of sp³-hybridized carbons (Fsp3) is 0.214. The molecule has 0 bridgehead atoms. The Balaban J connectivity index is 1.83. The number of para-hydroxylation sites is 1. The van der Waals surface area contributed by atoms with Gasteiger partial charge < -0.3 is 0 Å². The number of rotatable bonds is 5. The van der Waals surface area contributed by atoms with Gasteiger partial charge in [0.15, 0.2) is 9.84 Å². The van der Waals surface area contributed by atoms with Crippen LogP contribution in [0.25, 0.3) is 0 Å². The van der Waals surface area contributed by atoms with E-state index in [1.165, 1.54) is 18.8 Å². The number of sulfone groups is 1. The fourth-order valence-electron chi connectivity index (χ4n) is 4.86. The van der Waals surface area contributed by atoms with Crippen LogP contribution in [0.2, 0.25) is 0 Å². The number of benzene rings is 3. The standard InChI is InChI=1S/C28H27N3O4S2/c1-17-9-13-19(14-10-17)31-22-8-6-5-7-21(22)23(24-25(31)29-28(33)30(3)26(24)32)27(36-4)37(34,35)20-15-11-18(2)12-16-20/h5-16,23,27H,1-4H3,(H,29,33)/t23-,27-/m1/s1. The minimum absolute atomic E-state index is 0.193. The fourth-order valence-corrected chi connectivity index (χ4v) is 8.19. The van der Waals surface area contributed by atoms with Crippen LogP contribution in [0.3, 0.4) is 0 Å². The van der Waals surface area contributed by atoms with Gasteiger partial charge in [-0.25, -0.2) is 13.2 Å². The summed E-state index contributed by atoms with van der Waals surface area (Å²) < 4.78 is 28.1. The molecule has 5 rings (SSSR count). The van der Waals surface area contributed by atoms with Gasteiger partial charge in [0.2, 0.25) is 0 Å². The van der Waals surface area contributed by atoms with Crippen molar-refractivity contribution in [1.29, 1.82) is 0 Å². The molecule has 7 nitrogen and oxygen atoms in total. The van der Waals surface area contributed by atoms with Crippen molar-refractivity contribution >= 4 is 38.8 Å².